The molecule has 2 nitrogen and oxygen atoms in total. The summed E-state index contributed by atoms with van der Waals surface area (Å²) in [4.78, 5) is 10.2. The molecule has 15 heavy (non-hydrogen) atoms. The van der Waals surface area contributed by atoms with E-state index in [1.807, 2.05) is 6.42 Å². The maximum Gasteiger partial charge on any atom is 0.303 e. The monoisotopic (exact) mass is 212 g/mol. The summed E-state index contributed by atoms with van der Waals surface area (Å²) in [5.41, 5.74) is 0. The summed E-state index contributed by atoms with van der Waals surface area (Å²) >= 11 is 0. The van der Waals surface area contributed by atoms with E-state index in [-0.39, 0.29) is 6.42 Å². The maximum absolute atomic E-state index is 10.2. The molecular formula is C13H24O2. The van der Waals surface area contributed by atoms with Crippen LogP contribution in [-0.2, 0) is 4.79 Å². The molecule has 0 aliphatic heterocycles. The van der Waals surface area contributed by atoms with E-state index < -0.39 is 5.97 Å². The van der Waals surface area contributed by atoms with Gasteiger partial charge in [0.25, 0.3) is 0 Å². The number of unbranched alkanes of at least 4 members (excludes halogenated alkanes) is 9. The number of hydrogen-bond donors (Lipinski definition) is 1. The standard InChI is InChI=1S/C13H24O2/c1-2-3-4-5-6-7-8-9-10-11-12-13(14)15/h11H,1-10,12H2,(H,14,15). The topological polar surface area (TPSA) is 37.3 Å². The first kappa shape index (κ1) is 14.5. The van der Waals surface area contributed by atoms with Crippen LogP contribution in [0.15, 0.2) is 0 Å². The van der Waals surface area contributed by atoms with Crippen LogP contribution in [0.4, 0.5) is 0 Å². The molecule has 0 heterocycles. The second-order valence-electron chi connectivity index (χ2n) is 4.00. The molecule has 1 N–H and O–H groups in total. The largest absolute Gasteiger partial charge is 0.481 e. The van der Waals surface area contributed by atoms with E-state index in [4.69, 9.17) is 5.11 Å². The first-order valence-electron chi connectivity index (χ1n) is 6.10. The minimum absolute atomic E-state index is 0.212. The Kier molecular flexibility index (Phi) is 11.1. The smallest absolute Gasteiger partial charge is 0.303 e. The fourth-order valence-corrected chi connectivity index (χ4v) is 1.57. The summed E-state index contributed by atoms with van der Waals surface area (Å²) in [5, 5.41) is 8.40. The van der Waals surface area contributed by atoms with Gasteiger partial charge in [-0.2, -0.15) is 0 Å². The van der Waals surface area contributed by atoms with Gasteiger partial charge in [-0.3, -0.25) is 4.79 Å². The summed E-state index contributed by atoms with van der Waals surface area (Å²) < 4.78 is 0. The molecular weight excluding hydrogens is 188 g/mol. The highest BCUT2D eigenvalue weighted by Gasteiger charge is 1.96. The highest BCUT2D eigenvalue weighted by Crippen LogP contribution is 2.10. The van der Waals surface area contributed by atoms with Crippen molar-refractivity contribution < 1.29 is 9.90 Å². The number of carboxylic acids is 1. The molecule has 0 saturated heterocycles. The molecule has 0 atom stereocenters. The minimum Gasteiger partial charge on any atom is -0.481 e. The number of hydrogen-bond acceptors (Lipinski definition) is 1. The van der Waals surface area contributed by atoms with Crippen molar-refractivity contribution in [1.82, 2.24) is 0 Å². The van der Waals surface area contributed by atoms with Gasteiger partial charge in [0, 0.05) is 6.42 Å². The van der Waals surface area contributed by atoms with Gasteiger partial charge in [-0.05, 0) is 12.8 Å². The Morgan fingerprint density at radius 2 is 1.53 bits per heavy atom. The van der Waals surface area contributed by atoms with E-state index in [2.05, 4.69) is 6.92 Å². The van der Waals surface area contributed by atoms with Gasteiger partial charge >= 0.3 is 5.97 Å². The van der Waals surface area contributed by atoms with Gasteiger partial charge < -0.3 is 5.11 Å². The molecule has 2 radical (unpaired) electrons. The van der Waals surface area contributed by atoms with Gasteiger partial charge in [0.15, 0.2) is 0 Å². The van der Waals surface area contributed by atoms with Gasteiger partial charge in [-0.1, -0.05) is 58.3 Å². The zero-order chi connectivity index (χ0) is 11.4. The average Bonchev–Trinajstić information content (AvgIpc) is 2.20. The predicted octanol–water partition coefficient (Wildman–Crippen LogP) is 4.01. The van der Waals surface area contributed by atoms with Gasteiger partial charge in [0.05, 0.1) is 0 Å². The van der Waals surface area contributed by atoms with Crippen LogP contribution in [0.2, 0.25) is 0 Å². The Morgan fingerprint density at radius 3 is 2.07 bits per heavy atom. The Labute approximate surface area is 94.1 Å². The lowest BCUT2D eigenvalue weighted by Crippen LogP contribution is -1.94. The molecule has 0 amide bonds. The van der Waals surface area contributed by atoms with E-state index in [0.29, 0.717) is 0 Å². The van der Waals surface area contributed by atoms with Crippen molar-refractivity contribution in [2.45, 2.75) is 64.2 Å². The van der Waals surface area contributed by atoms with Crippen molar-refractivity contribution in [3.8, 4) is 0 Å². The van der Waals surface area contributed by atoms with Crippen LogP contribution >= 0.6 is 0 Å². The van der Waals surface area contributed by atoms with E-state index in [0.717, 1.165) is 19.3 Å². The van der Waals surface area contributed by atoms with Crippen LogP contribution in [0.25, 0.3) is 0 Å². The maximum atomic E-state index is 10.2. The third-order valence-electron chi connectivity index (χ3n) is 2.48. The first-order chi connectivity index (χ1) is 7.27. The number of carbonyl (C=O) groups is 1. The quantitative estimate of drug-likeness (QED) is 0.525. The molecule has 0 fully saturated rings. The van der Waals surface area contributed by atoms with E-state index >= 15 is 0 Å². The minimum atomic E-state index is -0.719. The summed E-state index contributed by atoms with van der Waals surface area (Å²) in [5.74, 6) is -0.719. The molecule has 0 aliphatic rings. The second-order valence-corrected chi connectivity index (χ2v) is 4.00. The number of aliphatic carboxylic acids is 1. The van der Waals surface area contributed by atoms with Crippen molar-refractivity contribution in [2.75, 3.05) is 0 Å². The van der Waals surface area contributed by atoms with Crippen LogP contribution < -0.4 is 0 Å². The number of carboxylic acid groups (broad SMARTS) is 1. The molecule has 0 aromatic heterocycles. The lowest BCUT2D eigenvalue weighted by molar-refractivity contribution is -0.136. The first-order valence-corrected chi connectivity index (χ1v) is 6.10. The molecule has 0 bridgehead atoms. The summed E-state index contributed by atoms with van der Waals surface area (Å²) in [6.45, 7) is 3.82. The fourth-order valence-electron chi connectivity index (χ4n) is 1.57. The van der Waals surface area contributed by atoms with Gasteiger partial charge in [-0.25, -0.2) is 0 Å². The Bertz CT molecular complexity index is 143. The fraction of sp³-hybridized carbons (Fsp3) is 0.769. The average molecular weight is 212 g/mol. The molecule has 0 unspecified atom stereocenters. The third-order valence-corrected chi connectivity index (χ3v) is 2.48. The summed E-state index contributed by atoms with van der Waals surface area (Å²) in [6.07, 6.45) is 13.0. The highest BCUT2D eigenvalue weighted by molar-refractivity contribution is 5.67. The summed E-state index contributed by atoms with van der Waals surface area (Å²) in [6, 6.07) is 0. The van der Waals surface area contributed by atoms with Gasteiger partial charge in [0.2, 0.25) is 0 Å². The van der Waals surface area contributed by atoms with Crippen molar-refractivity contribution in [1.29, 1.82) is 0 Å². The second kappa shape index (κ2) is 11.5. The van der Waals surface area contributed by atoms with Crippen molar-refractivity contribution in [2.24, 2.45) is 0 Å². The van der Waals surface area contributed by atoms with Crippen LogP contribution in [0.1, 0.15) is 64.2 Å². The van der Waals surface area contributed by atoms with Crippen LogP contribution in [-0.4, -0.2) is 11.1 Å². The Morgan fingerprint density at radius 1 is 1.00 bits per heavy atom. The van der Waals surface area contributed by atoms with Gasteiger partial charge in [0.1, 0.15) is 0 Å². The van der Waals surface area contributed by atoms with E-state index in [1.54, 1.807) is 0 Å². The Balaban J connectivity index is 2.89. The molecule has 88 valence electrons. The molecule has 0 aromatic rings. The molecule has 0 spiro atoms. The zero-order valence-electron chi connectivity index (χ0n) is 9.71. The Hall–Kier alpha value is -0.530. The van der Waals surface area contributed by atoms with Crippen molar-refractivity contribution >= 4 is 5.97 Å². The van der Waals surface area contributed by atoms with Crippen LogP contribution in [0.3, 0.4) is 0 Å². The van der Waals surface area contributed by atoms with Crippen LogP contribution in [0, 0.1) is 13.3 Å². The van der Waals surface area contributed by atoms with Crippen molar-refractivity contribution in [3.05, 3.63) is 13.3 Å². The van der Waals surface area contributed by atoms with E-state index in [1.165, 1.54) is 38.5 Å². The lowest BCUT2D eigenvalue weighted by Gasteiger charge is -2.00. The van der Waals surface area contributed by atoms with E-state index in [9.17, 15) is 4.79 Å². The molecule has 0 saturated carbocycles. The zero-order valence-corrected chi connectivity index (χ0v) is 9.71. The normalized spacial score (nSPS) is 10.5. The van der Waals surface area contributed by atoms with Gasteiger partial charge in [-0.15, -0.1) is 0 Å². The molecule has 0 aromatic carbocycles. The summed E-state index contributed by atoms with van der Waals surface area (Å²) in [7, 11) is 0. The molecule has 0 aliphatic carbocycles. The lowest BCUT2D eigenvalue weighted by atomic mass is 10.1. The molecule has 0 rings (SSSR count). The molecule has 2 heteroatoms. The van der Waals surface area contributed by atoms with Crippen LogP contribution in [0.5, 0.6) is 0 Å². The predicted molar refractivity (Wildman–Crippen MR) is 63.5 cm³/mol. The number of rotatable bonds is 11. The SMILES string of the molecule is [CH2]CCCCCCCCC[CH]CC(=O)O. The third kappa shape index (κ3) is 13.5. The highest BCUT2D eigenvalue weighted by atomic mass is 16.4. The van der Waals surface area contributed by atoms with Crippen molar-refractivity contribution in [3.63, 3.8) is 0 Å².